The molecule has 1 aliphatic carbocycles. The van der Waals surface area contributed by atoms with Crippen LogP contribution in [0, 0.1) is 5.41 Å². The van der Waals surface area contributed by atoms with Gasteiger partial charge < -0.3 is 10.4 Å². The maximum absolute atomic E-state index is 11.1. The summed E-state index contributed by atoms with van der Waals surface area (Å²) in [6.07, 6.45) is 4.96. The van der Waals surface area contributed by atoms with Crippen LogP contribution in [-0.2, 0) is 4.79 Å². The lowest BCUT2D eigenvalue weighted by Crippen LogP contribution is -2.35. The van der Waals surface area contributed by atoms with E-state index in [4.69, 9.17) is 5.11 Å². The summed E-state index contributed by atoms with van der Waals surface area (Å²) in [7, 11) is 0. The fourth-order valence-electron chi connectivity index (χ4n) is 2.21. The molecule has 1 unspecified atom stereocenters. The Kier molecular flexibility index (Phi) is 1.68. The van der Waals surface area contributed by atoms with Crippen molar-refractivity contribution in [2.24, 2.45) is 5.41 Å². The second-order valence-corrected chi connectivity index (χ2v) is 3.61. The Bertz CT molecular complexity index is 247. The number of aliphatic carboxylic acids is 1. The topological polar surface area (TPSA) is 49.3 Å². The van der Waals surface area contributed by atoms with Crippen molar-refractivity contribution >= 4 is 5.97 Å². The van der Waals surface area contributed by atoms with Gasteiger partial charge in [-0.1, -0.05) is 6.08 Å². The first kappa shape index (κ1) is 7.80. The van der Waals surface area contributed by atoms with Crippen LogP contribution in [0.2, 0.25) is 0 Å². The molecule has 2 aliphatic rings. The first-order valence-electron chi connectivity index (χ1n) is 4.39. The third kappa shape index (κ3) is 0.894. The lowest BCUT2D eigenvalue weighted by Gasteiger charge is -2.28. The summed E-state index contributed by atoms with van der Waals surface area (Å²) in [4.78, 5) is 11.1. The van der Waals surface area contributed by atoms with Crippen LogP contribution in [0.4, 0.5) is 0 Å². The number of carboxylic acids is 1. The molecule has 1 atom stereocenters. The average molecular weight is 167 g/mol. The maximum Gasteiger partial charge on any atom is 0.315 e. The molecule has 1 saturated heterocycles. The van der Waals surface area contributed by atoms with Crippen molar-refractivity contribution in [2.75, 3.05) is 13.1 Å². The third-order valence-electron chi connectivity index (χ3n) is 2.96. The molecule has 0 aromatic carbocycles. The van der Waals surface area contributed by atoms with Crippen molar-refractivity contribution in [1.82, 2.24) is 5.32 Å². The van der Waals surface area contributed by atoms with Gasteiger partial charge in [-0.15, -0.1) is 0 Å². The number of fused-ring (bicyclic) bond motifs is 1. The van der Waals surface area contributed by atoms with Gasteiger partial charge in [-0.05, 0) is 24.8 Å². The van der Waals surface area contributed by atoms with Crippen LogP contribution in [0.5, 0.6) is 0 Å². The van der Waals surface area contributed by atoms with Crippen molar-refractivity contribution in [2.45, 2.75) is 19.3 Å². The SMILES string of the molecule is O=C(O)C12CCCC=C1CNC2. The minimum absolute atomic E-state index is 0.543. The Morgan fingerprint density at radius 2 is 2.50 bits per heavy atom. The van der Waals surface area contributed by atoms with Crippen molar-refractivity contribution in [3.05, 3.63) is 11.6 Å². The zero-order chi connectivity index (χ0) is 8.60. The van der Waals surface area contributed by atoms with Crippen LogP contribution in [0.1, 0.15) is 19.3 Å². The molecule has 0 amide bonds. The molecule has 0 bridgehead atoms. The van der Waals surface area contributed by atoms with E-state index in [1.807, 2.05) is 0 Å². The molecule has 12 heavy (non-hydrogen) atoms. The monoisotopic (exact) mass is 167 g/mol. The number of rotatable bonds is 1. The largest absolute Gasteiger partial charge is 0.481 e. The van der Waals surface area contributed by atoms with Gasteiger partial charge >= 0.3 is 5.97 Å². The van der Waals surface area contributed by atoms with Gasteiger partial charge in [0.15, 0.2) is 0 Å². The zero-order valence-corrected chi connectivity index (χ0v) is 6.97. The van der Waals surface area contributed by atoms with E-state index in [-0.39, 0.29) is 0 Å². The Morgan fingerprint density at radius 1 is 1.67 bits per heavy atom. The van der Waals surface area contributed by atoms with Gasteiger partial charge in [0.25, 0.3) is 0 Å². The number of allylic oxidation sites excluding steroid dienone is 1. The quantitative estimate of drug-likeness (QED) is 0.567. The van der Waals surface area contributed by atoms with Gasteiger partial charge in [0.1, 0.15) is 5.41 Å². The van der Waals surface area contributed by atoms with Gasteiger partial charge in [-0.25, -0.2) is 0 Å². The summed E-state index contributed by atoms with van der Waals surface area (Å²) < 4.78 is 0. The average Bonchev–Trinajstić information content (AvgIpc) is 2.48. The van der Waals surface area contributed by atoms with E-state index < -0.39 is 11.4 Å². The number of nitrogens with one attached hydrogen (secondary N) is 1. The summed E-state index contributed by atoms with van der Waals surface area (Å²) in [5.41, 5.74) is 0.555. The molecule has 3 heteroatoms. The first-order valence-corrected chi connectivity index (χ1v) is 4.39. The lowest BCUT2D eigenvalue weighted by molar-refractivity contribution is -0.146. The molecule has 1 aliphatic heterocycles. The van der Waals surface area contributed by atoms with Crippen LogP contribution < -0.4 is 5.32 Å². The highest BCUT2D eigenvalue weighted by Crippen LogP contribution is 2.40. The van der Waals surface area contributed by atoms with Crippen molar-refractivity contribution in [3.63, 3.8) is 0 Å². The molecule has 0 spiro atoms. The van der Waals surface area contributed by atoms with Crippen LogP contribution in [-0.4, -0.2) is 24.2 Å². The van der Waals surface area contributed by atoms with E-state index >= 15 is 0 Å². The molecule has 2 N–H and O–H groups in total. The summed E-state index contributed by atoms with van der Waals surface area (Å²) in [6.45, 7) is 1.39. The minimum Gasteiger partial charge on any atom is -0.481 e. The molecular formula is C9H13NO2. The summed E-state index contributed by atoms with van der Waals surface area (Å²) >= 11 is 0. The smallest absolute Gasteiger partial charge is 0.315 e. The highest BCUT2D eigenvalue weighted by molar-refractivity contribution is 5.80. The fraction of sp³-hybridized carbons (Fsp3) is 0.667. The Hall–Kier alpha value is -0.830. The number of hydrogen-bond acceptors (Lipinski definition) is 2. The van der Waals surface area contributed by atoms with E-state index in [0.717, 1.165) is 31.4 Å². The standard InChI is InChI=1S/C9H13NO2/c11-8(12)9-4-2-1-3-7(9)5-10-6-9/h3,10H,1-2,4-6H2,(H,11,12). The molecule has 1 heterocycles. The molecule has 0 radical (unpaired) electrons. The second-order valence-electron chi connectivity index (χ2n) is 3.61. The fourth-order valence-corrected chi connectivity index (χ4v) is 2.21. The summed E-state index contributed by atoms with van der Waals surface area (Å²) in [6, 6.07) is 0. The summed E-state index contributed by atoms with van der Waals surface area (Å²) in [5, 5.41) is 12.3. The van der Waals surface area contributed by atoms with Crippen molar-refractivity contribution in [3.8, 4) is 0 Å². The Labute approximate surface area is 71.5 Å². The molecule has 0 aromatic rings. The van der Waals surface area contributed by atoms with Crippen LogP contribution in [0.3, 0.4) is 0 Å². The van der Waals surface area contributed by atoms with Gasteiger partial charge in [-0.2, -0.15) is 0 Å². The summed E-state index contributed by atoms with van der Waals surface area (Å²) in [5.74, 6) is -0.654. The Balaban J connectivity index is 2.37. The predicted octanol–water partition coefficient (Wildman–Crippen LogP) is 0.771. The van der Waals surface area contributed by atoms with E-state index in [9.17, 15) is 4.79 Å². The van der Waals surface area contributed by atoms with E-state index in [2.05, 4.69) is 11.4 Å². The van der Waals surface area contributed by atoms with E-state index in [1.165, 1.54) is 0 Å². The minimum atomic E-state index is -0.654. The van der Waals surface area contributed by atoms with E-state index in [0.29, 0.717) is 6.54 Å². The van der Waals surface area contributed by atoms with Crippen LogP contribution in [0.15, 0.2) is 11.6 Å². The molecule has 0 aromatic heterocycles. The van der Waals surface area contributed by atoms with Gasteiger partial charge in [0.2, 0.25) is 0 Å². The number of carboxylic acid groups (broad SMARTS) is 1. The molecule has 0 saturated carbocycles. The van der Waals surface area contributed by atoms with Crippen LogP contribution >= 0.6 is 0 Å². The molecule has 3 nitrogen and oxygen atoms in total. The van der Waals surface area contributed by atoms with Crippen molar-refractivity contribution in [1.29, 1.82) is 0 Å². The van der Waals surface area contributed by atoms with E-state index in [1.54, 1.807) is 0 Å². The first-order chi connectivity index (χ1) is 5.76. The molecular weight excluding hydrogens is 154 g/mol. The highest BCUT2D eigenvalue weighted by atomic mass is 16.4. The van der Waals surface area contributed by atoms with Crippen LogP contribution in [0.25, 0.3) is 0 Å². The maximum atomic E-state index is 11.1. The van der Waals surface area contributed by atoms with Gasteiger partial charge in [-0.3, -0.25) is 4.79 Å². The second kappa shape index (κ2) is 2.59. The van der Waals surface area contributed by atoms with Gasteiger partial charge in [0, 0.05) is 13.1 Å². The Morgan fingerprint density at radius 3 is 3.17 bits per heavy atom. The predicted molar refractivity (Wildman–Crippen MR) is 44.9 cm³/mol. The normalized spacial score (nSPS) is 34.2. The van der Waals surface area contributed by atoms with Crippen molar-refractivity contribution < 1.29 is 9.90 Å². The number of hydrogen-bond donors (Lipinski definition) is 2. The molecule has 1 fully saturated rings. The van der Waals surface area contributed by atoms with Gasteiger partial charge in [0.05, 0.1) is 0 Å². The molecule has 2 rings (SSSR count). The lowest BCUT2D eigenvalue weighted by atomic mass is 9.75. The third-order valence-corrected chi connectivity index (χ3v) is 2.96. The molecule has 66 valence electrons. The zero-order valence-electron chi connectivity index (χ0n) is 6.97. The number of carbonyl (C=O) groups is 1. The highest BCUT2D eigenvalue weighted by Gasteiger charge is 2.45.